The van der Waals surface area contributed by atoms with Crippen LogP contribution >= 0.6 is 27.3 Å². The molecule has 0 amide bonds. The van der Waals surface area contributed by atoms with Gasteiger partial charge >= 0.3 is 0 Å². The number of carbonyl (C=O) groups excluding carboxylic acids is 1. The fraction of sp³-hybridized carbons (Fsp3) is 0.0714. The normalized spacial score (nSPS) is 16.5. The van der Waals surface area contributed by atoms with E-state index in [1.165, 1.54) is 0 Å². The fourth-order valence-electron chi connectivity index (χ4n) is 1.86. The zero-order chi connectivity index (χ0) is 12.5. The summed E-state index contributed by atoms with van der Waals surface area (Å²) in [5, 5.41) is 1.99. The van der Waals surface area contributed by atoms with Gasteiger partial charge in [-0.25, -0.2) is 0 Å². The zero-order valence-electron chi connectivity index (χ0n) is 9.35. The van der Waals surface area contributed by atoms with Crippen LogP contribution in [-0.2, 0) is 0 Å². The van der Waals surface area contributed by atoms with Gasteiger partial charge in [0, 0.05) is 20.3 Å². The summed E-state index contributed by atoms with van der Waals surface area (Å²) in [5.74, 6) is 0.730. The molecule has 1 aromatic carbocycles. The van der Waals surface area contributed by atoms with Gasteiger partial charge in [0.1, 0.15) is 12.4 Å². The molecule has 90 valence electrons. The summed E-state index contributed by atoms with van der Waals surface area (Å²) in [5.41, 5.74) is 1.34. The molecule has 1 aliphatic heterocycles. The Morgan fingerprint density at radius 2 is 2.17 bits per heavy atom. The maximum absolute atomic E-state index is 12.3. The summed E-state index contributed by atoms with van der Waals surface area (Å²) in [7, 11) is 0. The van der Waals surface area contributed by atoms with E-state index in [-0.39, 0.29) is 5.78 Å². The highest BCUT2D eigenvalue weighted by Crippen LogP contribution is 2.29. The number of rotatable bonds is 1. The van der Waals surface area contributed by atoms with Crippen molar-refractivity contribution in [2.75, 3.05) is 6.61 Å². The number of Topliss-reactive ketones (excluding diaryl/α,β-unsaturated/α-hetero) is 1. The van der Waals surface area contributed by atoms with E-state index < -0.39 is 0 Å². The van der Waals surface area contributed by atoms with E-state index >= 15 is 0 Å². The lowest BCUT2D eigenvalue weighted by Gasteiger charge is -2.18. The van der Waals surface area contributed by atoms with Gasteiger partial charge in [0.2, 0.25) is 0 Å². The molecular weight excluding hydrogens is 312 g/mol. The first kappa shape index (κ1) is 11.7. The highest BCUT2D eigenvalue weighted by atomic mass is 79.9. The monoisotopic (exact) mass is 320 g/mol. The third kappa shape index (κ3) is 2.13. The summed E-state index contributed by atoms with van der Waals surface area (Å²) in [4.78, 5) is 13.3. The van der Waals surface area contributed by atoms with Crippen molar-refractivity contribution in [3.8, 4) is 5.75 Å². The van der Waals surface area contributed by atoms with Crippen LogP contribution in [0.4, 0.5) is 0 Å². The van der Waals surface area contributed by atoms with Crippen LogP contribution in [-0.4, -0.2) is 12.4 Å². The van der Waals surface area contributed by atoms with Gasteiger partial charge in [0.05, 0.1) is 5.56 Å². The molecule has 18 heavy (non-hydrogen) atoms. The molecule has 0 saturated heterocycles. The Bertz CT molecular complexity index is 643. The average Bonchev–Trinajstić information content (AvgIpc) is 2.79. The summed E-state index contributed by atoms with van der Waals surface area (Å²) in [6.45, 7) is 0.339. The summed E-state index contributed by atoms with van der Waals surface area (Å²) >= 11 is 5.00. The standard InChI is InChI=1S/C14H9BrO2S/c15-10-6-11(18-8-10)5-9-7-17-13-4-2-1-3-12(13)14(9)16/h1-6,8H,7H2/b9-5+. The molecule has 0 N–H and O–H groups in total. The van der Waals surface area contributed by atoms with Crippen molar-refractivity contribution in [2.24, 2.45) is 0 Å². The van der Waals surface area contributed by atoms with E-state index in [9.17, 15) is 4.79 Å². The van der Waals surface area contributed by atoms with Crippen LogP contribution in [0, 0.1) is 0 Å². The molecule has 0 spiro atoms. The number of para-hydroxylation sites is 1. The van der Waals surface area contributed by atoms with Gasteiger partial charge in [-0.15, -0.1) is 11.3 Å². The molecule has 0 aliphatic carbocycles. The largest absolute Gasteiger partial charge is 0.488 e. The van der Waals surface area contributed by atoms with Gasteiger partial charge in [-0.2, -0.15) is 0 Å². The zero-order valence-corrected chi connectivity index (χ0v) is 11.8. The molecule has 0 bridgehead atoms. The molecule has 0 atom stereocenters. The number of hydrogen-bond donors (Lipinski definition) is 0. The minimum Gasteiger partial charge on any atom is -0.488 e. The number of carbonyl (C=O) groups is 1. The first-order chi connectivity index (χ1) is 8.74. The highest BCUT2D eigenvalue weighted by Gasteiger charge is 2.22. The van der Waals surface area contributed by atoms with Crippen molar-refractivity contribution >= 4 is 39.1 Å². The molecule has 2 heterocycles. The van der Waals surface area contributed by atoms with Crippen LogP contribution in [0.2, 0.25) is 0 Å². The topological polar surface area (TPSA) is 26.3 Å². The molecule has 4 heteroatoms. The number of ether oxygens (including phenoxy) is 1. The Morgan fingerprint density at radius 1 is 1.33 bits per heavy atom. The van der Waals surface area contributed by atoms with Crippen LogP contribution < -0.4 is 4.74 Å². The van der Waals surface area contributed by atoms with E-state index in [4.69, 9.17) is 4.74 Å². The maximum Gasteiger partial charge on any atom is 0.196 e. The second-order valence-corrected chi connectivity index (χ2v) is 5.81. The molecule has 0 unspecified atom stereocenters. The van der Waals surface area contributed by atoms with E-state index in [1.54, 1.807) is 17.4 Å². The molecule has 0 radical (unpaired) electrons. The predicted molar refractivity (Wildman–Crippen MR) is 76.3 cm³/mol. The lowest BCUT2D eigenvalue weighted by molar-refractivity contribution is 0.100. The SMILES string of the molecule is O=C1/C(=C/c2cc(Br)cs2)COc2ccccc21. The van der Waals surface area contributed by atoms with E-state index in [2.05, 4.69) is 15.9 Å². The summed E-state index contributed by atoms with van der Waals surface area (Å²) in [6.07, 6.45) is 1.90. The first-order valence-electron chi connectivity index (χ1n) is 5.45. The van der Waals surface area contributed by atoms with E-state index in [1.807, 2.05) is 35.7 Å². The molecule has 2 nitrogen and oxygen atoms in total. The van der Waals surface area contributed by atoms with Crippen molar-refractivity contribution < 1.29 is 9.53 Å². The van der Waals surface area contributed by atoms with Gasteiger partial charge in [-0.05, 0) is 40.2 Å². The van der Waals surface area contributed by atoms with E-state index in [0.29, 0.717) is 23.5 Å². The molecule has 2 aromatic rings. The number of fused-ring (bicyclic) bond motifs is 1. The van der Waals surface area contributed by atoms with Crippen molar-refractivity contribution in [3.63, 3.8) is 0 Å². The number of ketones is 1. The van der Waals surface area contributed by atoms with Crippen LogP contribution in [0.15, 0.2) is 45.8 Å². The Hall–Kier alpha value is -1.39. The van der Waals surface area contributed by atoms with E-state index in [0.717, 1.165) is 9.35 Å². The van der Waals surface area contributed by atoms with Crippen molar-refractivity contribution in [1.29, 1.82) is 0 Å². The van der Waals surface area contributed by atoms with Gasteiger partial charge in [0.25, 0.3) is 0 Å². The number of thiophene rings is 1. The lowest BCUT2D eigenvalue weighted by atomic mass is 10.00. The van der Waals surface area contributed by atoms with Crippen LogP contribution in [0.3, 0.4) is 0 Å². The minimum atomic E-state index is 0.0568. The average molecular weight is 321 g/mol. The maximum atomic E-state index is 12.3. The third-order valence-electron chi connectivity index (χ3n) is 2.71. The Kier molecular flexibility index (Phi) is 3.06. The molecule has 0 fully saturated rings. The predicted octanol–water partition coefficient (Wildman–Crippen LogP) is 4.17. The summed E-state index contributed by atoms with van der Waals surface area (Å²) in [6, 6.07) is 9.34. The Balaban J connectivity index is 1.98. The van der Waals surface area contributed by atoms with Crippen LogP contribution in [0.5, 0.6) is 5.75 Å². The van der Waals surface area contributed by atoms with Crippen molar-refractivity contribution in [3.05, 3.63) is 56.2 Å². The minimum absolute atomic E-state index is 0.0568. The van der Waals surface area contributed by atoms with Gasteiger partial charge in [-0.1, -0.05) is 12.1 Å². The van der Waals surface area contributed by atoms with Crippen LogP contribution in [0.1, 0.15) is 15.2 Å². The molecule has 1 aromatic heterocycles. The van der Waals surface area contributed by atoms with Gasteiger partial charge in [-0.3, -0.25) is 4.79 Å². The summed E-state index contributed by atoms with van der Waals surface area (Å²) < 4.78 is 6.62. The third-order valence-corrected chi connectivity index (χ3v) is 4.35. The second-order valence-electron chi connectivity index (χ2n) is 3.95. The smallest absolute Gasteiger partial charge is 0.196 e. The molecule has 1 aliphatic rings. The molecular formula is C14H9BrO2S. The number of halogens is 1. The quantitative estimate of drug-likeness (QED) is 0.737. The Labute approximate surface area is 117 Å². The number of hydrogen-bond acceptors (Lipinski definition) is 3. The number of benzene rings is 1. The lowest BCUT2D eigenvalue weighted by Crippen LogP contribution is -2.18. The van der Waals surface area contributed by atoms with Crippen molar-refractivity contribution in [2.45, 2.75) is 0 Å². The van der Waals surface area contributed by atoms with Crippen molar-refractivity contribution in [1.82, 2.24) is 0 Å². The van der Waals surface area contributed by atoms with Gasteiger partial charge < -0.3 is 4.74 Å². The van der Waals surface area contributed by atoms with Crippen LogP contribution in [0.25, 0.3) is 6.08 Å². The Morgan fingerprint density at radius 3 is 2.94 bits per heavy atom. The second kappa shape index (κ2) is 4.71. The highest BCUT2D eigenvalue weighted by molar-refractivity contribution is 9.10. The van der Waals surface area contributed by atoms with Gasteiger partial charge in [0.15, 0.2) is 5.78 Å². The first-order valence-corrected chi connectivity index (χ1v) is 7.12. The fourth-order valence-corrected chi connectivity index (χ4v) is 3.26. The molecule has 3 rings (SSSR count). The molecule has 0 saturated carbocycles.